The van der Waals surface area contributed by atoms with Crippen LogP contribution < -0.4 is 10.6 Å². The molecule has 1 saturated heterocycles. The van der Waals surface area contributed by atoms with Crippen molar-refractivity contribution in [2.24, 2.45) is 10.9 Å². The predicted molar refractivity (Wildman–Crippen MR) is 102 cm³/mol. The summed E-state index contributed by atoms with van der Waals surface area (Å²) in [5.74, 6) is 1.90. The Morgan fingerprint density at radius 1 is 1.29 bits per heavy atom. The Kier molecular flexibility index (Phi) is 8.94. The van der Waals surface area contributed by atoms with Crippen LogP contribution in [0, 0.1) is 5.92 Å². The first-order valence-electron chi connectivity index (χ1n) is 8.57. The largest absolute Gasteiger partial charge is 0.357 e. The number of halogens is 1. The smallest absolute Gasteiger partial charge is 0.191 e. The van der Waals surface area contributed by atoms with Gasteiger partial charge in [0.2, 0.25) is 0 Å². The lowest BCUT2D eigenvalue weighted by molar-refractivity contribution is 0.273. The highest BCUT2D eigenvalue weighted by Crippen LogP contribution is 2.34. The number of nitrogens with one attached hydrogen (secondary N) is 2. The van der Waals surface area contributed by atoms with Gasteiger partial charge in [-0.05, 0) is 51.6 Å². The summed E-state index contributed by atoms with van der Waals surface area (Å²) in [5, 5.41) is 7.00. The first-order valence-corrected chi connectivity index (χ1v) is 8.57. The van der Waals surface area contributed by atoms with Gasteiger partial charge in [-0.1, -0.05) is 20.3 Å². The van der Waals surface area contributed by atoms with Crippen LogP contribution in [0.15, 0.2) is 4.99 Å². The van der Waals surface area contributed by atoms with Gasteiger partial charge in [0.05, 0.1) is 6.54 Å². The molecular formula is C16H33IN4. The minimum atomic E-state index is 0. The zero-order valence-electron chi connectivity index (χ0n) is 13.9. The Bertz CT molecular complexity index is 321. The molecule has 0 aromatic heterocycles. The van der Waals surface area contributed by atoms with E-state index in [0.29, 0.717) is 12.1 Å². The maximum absolute atomic E-state index is 4.82. The van der Waals surface area contributed by atoms with Crippen molar-refractivity contribution in [3.63, 3.8) is 0 Å². The second kappa shape index (κ2) is 9.87. The fourth-order valence-electron chi connectivity index (χ4n) is 3.32. The van der Waals surface area contributed by atoms with Gasteiger partial charge in [-0.3, -0.25) is 9.89 Å². The third-order valence-corrected chi connectivity index (χ3v) is 4.61. The van der Waals surface area contributed by atoms with E-state index in [9.17, 15) is 0 Å². The van der Waals surface area contributed by atoms with Crippen molar-refractivity contribution in [3.8, 4) is 0 Å². The predicted octanol–water partition coefficient (Wildman–Crippen LogP) is 2.83. The van der Waals surface area contributed by atoms with Gasteiger partial charge in [0.15, 0.2) is 5.96 Å². The Hall–Kier alpha value is -0.0400. The molecule has 5 heteroatoms. The fourth-order valence-corrected chi connectivity index (χ4v) is 3.32. The van der Waals surface area contributed by atoms with Crippen LogP contribution in [-0.2, 0) is 0 Å². The number of likely N-dealkylation sites (N-methyl/N-ethyl adjacent to an activating group) is 1. The van der Waals surface area contributed by atoms with Crippen LogP contribution in [0.25, 0.3) is 0 Å². The van der Waals surface area contributed by atoms with Gasteiger partial charge in [-0.2, -0.15) is 0 Å². The number of likely N-dealkylation sites (tertiary alicyclic amines) is 1. The topological polar surface area (TPSA) is 39.7 Å². The summed E-state index contributed by atoms with van der Waals surface area (Å²) in [5.41, 5.74) is 0. The molecule has 21 heavy (non-hydrogen) atoms. The van der Waals surface area contributed by atoms with Crippen LogP contribution in [0.2, 0.25) is 0 Å². The van der Waals surface area contributed by atoms with E-state index in [1.807, 2.05) is 0 Å². The minimum absolute atomic E-state index is 0. The molecule has 2 rings (SSSR count). The second-order valence-corrected chi connectivity index (χ2v) is 6.18. The van der Waals surface area contributed by atoms with E-state index in [4.69, 9.17) is 4.99 Å². The average Bonchev–Trinajstić information content (AvgIpc) is 3.01. The quantitative estimate of drug-likeness (QED) is 0.387. The molecule has 2 N–H and O–H groups in total. The van der Waals surface area contributed by atoms with Crippen LogP contribution >= 0.6 is 24.0 Å². The van der Waals surface area contributed by atoms with Gasteiger partial charge in [-0.15, -0.1) is 24.0 Å². The first kappa shape index (κ1) is 19.0. The Balaban J connectivity index is 0.00000220. The van der Waals surface area contributed by atoms with Crippen molar-refractivity contribution >= 4 is 29.9 Å². The number of rotatable bonds is 7. The molecule has 2 fully saturated rings. The van der Waals surface area contributed by atoms with Crippen molar-refractivity contribution in [2.45, 2.75) is 65.0 Å². The monoisotopic (exact) mass is 408 g/mol. The van der Waals surface area contributed by atoms with Crippen LogP contribution in [0.4, 0.5) is 0 Å². The average molecular weight is 408 g/mol. The highest BCUT2D eigenvalue weighted by atomic mass is 127. The molecule has 1 aliphatic carbocycles. The van der Waals surface area contributed by atoms with Crippen molar-refractivity contribution in [1.82, 2.24) is 15.5 Å². The number of aliphatic imine (C=N–C) groups is 1. The van der Waals surface area contributed by atoms with E-state index < -0.39 is 0 Å². The van der Waals surface area contributed by atoms with Crippen LogP contribution in [0.5, 0.6) is 0 Å². The zero-order chi connectivity index (χ0) is 14.4. The summed E-state index contributed by atoms with van der Waals surface area (Å²) < 4.78 is 0. The standard InChI is InChI=1S/C16H32N4.HI/c1-4-8-13-11-15(13)19-16(17-5-2)18-12-14-9-7-10-20(14)6-3;/h13-15H,4-12H2,1-3H3,(H2,17,18,19);1H. The molecule has 3 unspecified atom stereocenters. The molecule has 1 aliphatic heterocycles. The molecule has 0 bridgehead atoms. The molecule has 4 nitrogen and oxygen atoms in total. The normalized spacial score (nSPS) is 29.1. The van der Waals surface area contributed by atoms with Crippen LogP contribution in [0.1, 0.15) is 52.9 Å². The summed E-state index contributed by atoms with van der Waals surface area (Å²) in [6.45, 7) is 11.0. The third-order valence-electron chi connectivity index (χ3n) is 4.61. The lowest BCUT2D eigenvalue weighted by Gasteiger charge is -2.21. The van der Waals surface area contributed by atoms with E-state index in [1.165, 1.54) is 38.6 Å². The number of hydrogen-bond donors (Lipinski definition) is 2. The van der Waals surface area contributed by atoms with E-state index in [1.54, 1.807) is 0 Å². The third kappa shape index (κ3) is 5.93. The summed E-state index contributed by atoms with van der Waals surface area (Å²) in [6, 6.07) is 1.32. The molecule has 0 radical (unpaired) electrons. The summed E-state index contributed by atoms with van der Waals surface area (Å²) in [4.78, 5) is 7.38. The van der Waals surface area contributed by atoms with Gasteiger partial charge >= 0.3 is 0 Å². The molecule has 1 heterocycles. The highest BCUT2D eigenvalue weighted by molar-refractivity contribution is 14.0. The molecule has 0 aromatic carbocycles. The van der Waals surface area contributed by atoms with E-state index in [2.05, 4.69) is 36.3 Å². The van der Waals surface area contributed by atoms with Gasteiger partial charge in [0.25, 0.3) is 0 Å². The number of guanidine groups is 1. The van der Waals surface area contributed by atoms with Crippen molar-refractivity contribution in [1.29, 1.82) is 0 Å². The van der Waals surface area contributed by atoms with Gasteiger partial charge in [-0.25, -0.2) is 0 Å². The first-order chi connectivity index (χ1) is 9.78. The zero-order valence-corrected chi connectivity index (χ0v) is 16.2. The molecule has 0 spiro atoms. The van der Waals surface area contributed by atoms with Crippen molar-refractivity contribution in [2.75, 3.05) is 26.2 Å². The van der Waals surface area contributed by atoms with E-state index in [0.717, 1.165) is 31.5 Å². The van der Waals surface area contributed by atoms with E-state index >= 15 is 0 Å². The summed E-state index contributed by atoms with van der Waals surface area (Å²) in [6.07, 6.45) is 6.61. The van der Waals surface area contributed by atoms with Crippen LogP contribution in [0.3, 0.4) is 0 Å². The Morgan fingerprint density at radius 3 is 2.76 bits per heavy atom. The second-order valence-electron chi connectivity index (χ2n) is 6.18. The minimum Gasteiger partial charge on any atom is -0.357 e. The van der Waals surface area contributed by atoms with Crippen LogP contribution in [-0.4, -0.2) is 49.1 Å². The number of hydrogen-bond acceptors (Lipinski definition) is 2. The fraction of sp³-hybridized carbons (Fsp3) is 0.938. The summed E-state index contributed by atoms with van der Waals surface area (Å²) in [7, 11) is 0. The lowest BCUT2D eigenvalue weighted by Crippen LogP contribution is -2.40. The number of nitrogens with zero attached hydrogens (tertiary/aromatic N) is 2. The van der Waals surface area contributed by atoms with Gasteiger partial charge in [0, 0.05) is 18.6 Å². The maximum Gasteiger partial charge on any atom is 0.191 e. The summed E-state index contributed by atoms with van der Waals surface area (Å²) >= 11 is 0. The van der Waals surface area contributed by atoms with E-state index in [-0.39, 0.29) is 24.0 Å². The molecule has 124 valence electrons. The van der Waals surface area contributed by atoms with Crippen molar-refractivity contribution in [3.05, 3.63) is 0 Å². The molecular weight excluding hydrogens is 375 g/mol. The van der Waals surface area contributed by atoms with Gasteiger partial charge in [0.1, 0.15) is 0 Å². The molecule has 3 atom stereocenters. The van der Waals surface area contributed by atoms with Gasteiger partial charge < -0.3 is 10.6 Å². The molecule has 2 aliphatic rings. The Labute approximate surface area is 147 Å². The molecule has 1 saturated carbocycles. The molecule has 0 aromatic rings. The SMILES string of the molecule is CCCC1CC1NC(=NCC1CCCN1CC)NCC.I. The Morgan fingerprint density at radius 2 is 2.10 bits per heavy atom. The van der Waals surface area contributed by atoms with Crippen molar-refractivity contribution < 1.29 is 0 Å². The maximum atomic E-state index is 4.82. The molecule has 0 amide bonds. The lowest BCUT2D eigenvalue weighted by atomic mass is 10.2. The highest BCUT2D eigenvalue weighted by Gasteiger charge is 2.36.